The fraction of sp³-hybridized carbons (Fsp3) is 0.647. The highest BCUT2D eigenvalue weighted by Gasteiger charge is 2.48. The minimum Gasteiger partial charge on any atom is -0.385 e. The van der Waals surface area contributed by atoms with Gasteiger partial charge in [0, 0.05) is 6.04 Å². The van der Waals surface area contributed by atoms with Crippen molar-refractivity contribution in [2.24, 2.45) is 23.5 Å². The molecule has 2 aliphatic rings. The van der Waals surface area contributed by atoms with E-state index in [2.05, 4.69) is 26.0 Å². The number of hydrogen-bond donors (Lipinski definition) is 2. The van der Waals surface area contributed by atoms with E-state index in [1.165, 1.54) is 6.42 Å². The molecular formula is C17H25NO. The molecule has 0 bridgehead atoms. The molecule has 104 valence electrons. The lowest BCUT2D eigenvalue weighted by Gasteiger charge is -2.41. The van der Waals surface area contributed by atoms with Crippen LogP contribution in [0.15, 0.2) is 24.3 Å². The van der Waals surface area contributed by atoms with Crippen molar-refractivity contribution in [1.82, 2.24) is 0 Å². The van der Waals surface area contributed by atoms with Crippen LogP contribution >= 0.6 is 0 Å². The molecule has 2 aliphatic carbocycles. The molecule has 0 saturated heterocycles. The molecule has 19 heavy (non-hydrogen) atoms. The van der Waals surface area contributed by atoms with Crippen LogP contribution in [-0.4, -0.2) is 5.11 Å². The molecule has 0 amide bonds. The molecule has 3 N–H and O–H groups in total. The minimum absolute atomic E-state index is 0.00580. The summed E-state index contributed by atoms with van der Waals surface area (Å²) >= 11 is 0. The normalized spacial score (nSPS) is 42.1. The number of aliphatic hydroxyl groups is 1. The van der Waals surface area contributed by atoms with Crippen LogP contribution in [0, 0.1) is 17.8 Å². The van der Waals surface area contributed by atoms with Crippen molar-refractivity contribution >= 4 is 0 Å². The standard InChI is InChI=1S/C17H25NO/c1-11-7-12(2)9-13(8-11)17(19)10-16(18)14-5-3-4-6-15(14)17/h3-6,11-13,16,19H,7-10,18H2,1-2H3. The van der Waals surface area contributed by atoms with Gasteiger partial charge in [0.05, 0.1) is 5.60 Å². The average Bonchev–Trinajstić information content (AvgIpc) is 2.63. The molecule has 0 aliphatic heterocycles. The third-order valence-electron chi connectivity index (χ3n) is 5.21. The second-order valence-corrected chi connectivity index (χ2v) is 6.94. The molecule has 0 spiro atoms. The van der Waals surface area contributed by atoms with Crippen LogP contribution in [0.1, 0.15) is 56.7 Å². The van der Waals surface area contributed by atoms with Gasteiger partial charge in [-0.15, -0.1) is 0 Å². The average molecular weight is 259 g/mol. The number of rotatable bonds is 1. The predicted molar refractivity (Wildman–Crippen MR) is 77.6 cm³/mol. The lowest BCUT2D eigenvalue weighted by molar-refractivity contribution is -0.0558. The van der Waals surface area contributed by atoms with E-state index >= 15 is 0 Å². The van der Waals surface area contributed by atoms with Crippen LogP contribution in [0.2, 0.25) is 0 Å². The Hall–Kier alpha value is -0.860. The van der Waals surface area contributed by atoms with Crippen molar-refractivity contribution in [3.05, 3.63) is 35.4 Å². The summed E-state index contributed by atoms with van der Waals surface area (Å²) in [5.41, 5.74) is 7.78. The zero-order valence-electron chi connectivity index (χ0n) is 12.0. The zero-order chi connectivity index (χ0) is 13.6. The van der Waals surface area contributed by atoms with Crippen molar-refractivity contribution in [3.63, 3.8) is 0 Å². The Balaban J connectivity index is 1.96. The molecule has 4 atom stereocenters. The van der Waals surface area contributed by atoms with E-state index in [1.54, 1.807) is 0 Å². The van der Waals surface area contributed by atoms with Gasteiger partial charge in [-0.1, -0.05) is 38.1 Å². The van der Waals surface area contributed by atoms with Gasteiger partial charge in [-0.25, -0.2) is 0 Å². The number of benzene rings is 1. The quantitative estimate of drug-likeness (QED) is 0.812. The van der Waals surface area contributed by atoms with Crippen LogP contribution in [0.3, 0.4) is 0 Å². The Kier molecular flexibility index (Phi) is 3.18. The fourth-order valence-corrected chi connectivity index (χ4v) is 4.49. The van der Waals surface area contributed by atoms with Crippen molar-refractivity contribution < 1.29 is 5.11 Å². The van der Waals surface area contributed by atoms with E-state index in [9.17, 15) is 5.11 Å². The van der Waals surface area contributed by atoms with E-state index in [-0.39, 0.29) is 6.04 Å². The maximum absolute atomic E-state index is 11.3. The molecule has 4 unspecified atom stereocenters. The van der Waals surface area contributed by atoms with Gasteiger partial charge < -0.3 is 10.8 Å². The fourth-order valence-electron chi connectivity index (χ4n) is 4.49. The molecule has 1 saturated carbocycles. The summed E-state index contributed by atoms with van der Waals surface area (Å²) in [6, 6.07) is 8.20. The summed E-state index contributed by atoms with van der Waals surface area (Å²) < 4.78 is 0. The highest BCUT2D eigenvalue weighted by Crippen LogP contribution is 2.52. The summed E-state index contributed by atoms with van der Waals surface area (Å²) in [7, 11) is 0. The molecule has 0 aromatic heterocycles. The van der Waals surface area contributed by atoms with Crippen LogP contribution < -0.4 is 5.73 Å². The topological polar surface area (TPSA) is 46.2 Å². The molecular weight excluding hydrogens is 234 g/mol. The number of fused-ring (bicyclic) bond motifs is 1. The van der Waals surface area contributed by atoms with Crippen molar-refractivity contribution in [2.45, 2.75) is 51.2 Å². The Morgan fingerprint density at radius 2 is 1.74 bits per heavy atom. The maximum Gasteiger partial charge on any atom is 0.0946 e. The molecule has 3 rings (SSSR count). The van der Waals surface area contributed by atoms with E-state index in [1.807, 2.05) is 12.1 Å². The Bertz CT molecular complexity index is 462. The smallest absolute Gasteiger partial charge is 0.0946 e. The van der Waals surface area contributed by atoms with Gasteiger partial charge in [0.25, 0.3) is 0 Å². The van der Waals surface area contributed by atoms with Crippen LogP contribution in [0.5, 0.6) is 0 Å². The first-order valence-corrected chi connectivity index (χ1v) is 7.58. The van der Waals surface area contributed by atoms with E-state index in [0.29, 0.717) is 24.2 Å². The Labute approximate surface area is 116 Å². The highest BCUT2D eigenvalue weighted by atomic mass is 16.3. The summed E-state index contributed by atoms with van der Waals surface area (Å²) in [4.78, 5) is 0. The molecule has 2 nitrogen and oxygen atoms in total. The van der Waals surface area contributed by atoms with Gasteiger partial charge in [-0.3, -0.25) is 0 Å². The molecule has 1 fully saturated rings. The Morgan fingerprint density at radius 1 is 1.11 bits per heavy atom. The van der Waals surface area contributed by atoms with Crippen LogP contribution in [0.4, 0.5) is 0 Å². The monoisotopic (exact) mass is 259 g/mol. The first-order chi connectivity index (χ1) is 9.00. The van der Waals surface area contributed by atoms with Crippen molar-refractivity contribution in [2.75, 3.05) is 0 Å². The van der Waals surface area contributed by atoms with Gasteiger partial charge in [0.1, 0.15) is 0 Å². The predicted octanol–water partition coefficient (Wildman–Crippen LogP) is 3.35. The lowest BCUT2D eigenvalue weighted by atomic mass is 9.68. The van der Waals surface area contributed by atoms with Gasteiger partial charge >= 0.3 is 0 Å². The van der Waals surface area contributed by atoms with E-state index in [4.69, 9.17) is 5.73 Å². The summed E-state index contributed by atoms with van der Waals surface area (Å²) in [6.45, 7) is 4.62. The van der Waals surface area contributed by atoms with Crippen molar-refractivity contribution in [3.8, 4) is 0 Å². The molecule has 2 heteroatoms. The van der Waals surface area contributed by atoms with Gasteiger partial charge in [0.15, 0.2) is 0 Å². The lowest BCUT2D eigenvalue weighted by Crippen LogP contribution is -2.38. The first-order valence-electron chi connectivity index (χ1n) is 7.58. The molecule has 0 radical (unpaired) electrons. The minimum atomic E-state index is -0.695. The van der Waals surface area contributed by atoms with Gasteiger partial charge in [-0.2, -0.15) is 0 Å². The highest BCUT2D eigenvalue weighted by molar-refractivity contribution is 5.40. The van der Waals surface area contributed by atoms with E-state index < -0.39 is 5.60 Å². The third-order valence-corrected chi connectivity index (χ3v) is 5.21. The summed E-state index contributed by atoms with van der Waals surface area (Å²) in [5, 5.41) is 11.3. The zero-order valence-corrected chi connectivity index (χ0v) is 12.0. The summed E-state index contributed by atoms with van der Waals surface area (Å²) in [6.07, 6.45) is 4.24. The van der Waals surface area contributed by atoms with Gasteiger partial charge in [-0.05, 0) is 54.6 Å². The SMILES string of the molecule is CC1CC(C)CC(C2(O)CC(N)c3ccccc32)C1. The van der Waals surface area contributed by atoms with Crippen LogP contribution in [-0.2, 0) is 5.60 Å². The number of hydrogen-bond acceptors (Lipinski definition) is 2. The van der Waals surface area contributed by atoms with E-state index in [0.717, 1.165) is 24.0 Å². The second-order valence-electron chi connectivity index (χ2n) is 6.94. The molecule has 1 aromatic carbocycles. The van der Waals surface area contributed by atoms with Crippen molar-refractivity contribution in [1.29, 1.82) is 0 Å². The largest absolute Gasteiger partial charge is 0.385 e. The summed E-state index contributed by atoms with van der Waals surface area (Å²) in [5.74, 6) is 1.78. The second kappa shape index (κ2) is 4.60. The van der Waals surface area contributed by atoms with Crippen LogP contribution in [0.25, 0.3) is 0 Å². The van der Waals surface area contributed by atoms with Gasteiger partial charge in [0.2, 0.25) is 0 Å². The molecule has 0 heterocycles. The third kappa shape index (κ3) is 2.11. The maximum atomic E-state index is 11.3. The number of nitrogens with two attached hydrogens (primary N) is 1. The first kappa shape index (κ1) is 13.1. The Morgan fingerprint density at radius 3 is 2.42 bits per heavy atom. The molecule has 1 aromatic rings.